The van der Waals surface area contributed by atoms with Crippen molar-refractivity contribution >= 4 is 11.8 Å². The lowest BCUT2D eigenvalue weighted by Gasteiger charge is -2.10. The van der Waals surface area contributed by atoms with Gasteiger partial charge < -0.3 is 10.1 Å². The van der Waals surface area contributed by atoms with Crippen molar-refractivity contribution in [2.75, 3.05) is 7.11 Å². The summed E-state index contributed by atoms with van der Waals surface area (Å²) < 4.78 is 19.0. The van der Waals surface area contributed by atoms with Crippen LogP contribution in [0.4, 0.5) is 4.39 Å². The molecule has 0 aliphatic carbocycles. The van der Waals surface area contributed by atoms with Crippen molar-refractivity contribution in [1.29, 1.82) is 0 Å². The summed E-state index contributed by atoms with van der Waals surface area (Å²) in [7, 11) is 1.54. The van der Waals surface area contributed by atoms with E-state index < -0.39 is 0 Å². The second-order valence-corrected chi connectivity index (χ2v) is 5.24. The molecule has 1 unspecified atom stereocenters. The van der Waals surface area contributed by atoms with E-state index >= 15 is 0 Å². The number of rotatable bonds is 2. The van der Waals surface area contributed by atoms with Gasteiger partial charge in [0.05, 0.1) is 12.4 Å². The van der Waals surface area contributed by atoms with Crippen LogP contribution in [0.15, 0.2) is 53.2 Å². The van der Waals surface area contributed by atoms with Crippen molar-refractivity contribution in [1.82, 2.24) is 5.32 Å². The molecule has 1 N–H and O–H groups in total. The molecule has 0 fully saturated rings. The Balaban J connectivity index is 1.93. The van der Waals surface area contributed by atoms with E-state index in [2.05, 4.69) is 11.4 Å². The summed E-state index contributed by atoms with van der Waals surface area (Å²) >= 11 is 1.65. The molecule has 1 aromatic carbocycles. The van der Waals surface area contributed by atoms with Crippen molar-refractivity contribution in [3.8, 4) is 5.75 Å². The molecule has 0 radical (unpaired) electrons. The Morgan fingerprint density at radius 3 is 3.00 bits per heavy atom. The fourth-order valence-corrected chi connectivity index (χ4v) is 3.23. The topological polar surface area (TPSA) is 21.3 Å². The average Bonchev–Trinajstić information content (AvgIpc) is 2.81. The third-order valence-corrected chi connectivity index (χ3v) is 4.21. The average molecular weight is 261 g/mol. The van der Waals surface area contributed by atoms with E-state index in [4.69, 9.17) is 4.74 Å². The number of fused-ring (bicyclic) bond motifs is 1. The Hall–Kier alpha value is -1.68. The molecule has 0 amide bonds. The maximum absolute atomic E-state index is 14.0. The van der Waals surface area contributed by atoms with E-state index in [1.165, 1.54) is 13.2 Å². The maximum Gasteiger partial charge on any atom is 0.131 e. The van der Waals surface area contributed by atoms with E-state index in [-0.39, 0.29) is 11.1 Å². The summed E-state index contributed by atoms with van der Waals surface area (Å²) in [5, 5.41) is 3.07. The fraction of sp³-hybridized carbons (Fsp3) is 0.143. The van der Waals surface area contributed by atoms with Gasteiger partial charge in [0.1, 0.15) is 11.6 Å². The second kappa shape index (κ2) is 4.53. The number of hydrogen-bond donors (Lipinski definition) is 1. The molecular weight excluding hydrogens is 249 g/mol. The summed E-state index contributed by atoms with van der Waals surface area (Å²) in [6.07, 6.45) is 7.91. The predicted molar refractivity (Wildman–Crippen MR) is 71.7 cm³/mol. The molecule has 2 aliphatic rings. The number of dihydropyridines is 1. The van der Waals surface area contributed by atoms with Crippen LogP contribution < -0.4 is 10.1 Å². The van der Waals surface area contributed by atoms with E-state index in [1.54, 1.807) is 23.9 Å². The Bertz CT molecular complexity index is 577. The smallest absolute Gasteiger partial charge is 0.131 e. The first kappa shape index (κ1) is 11.4. The second-order valence-electron chi connectivity index (χ2n) is 4.06. The number of hydrogen-bond acceptors (Lipinski definition) is 3. The highest BCUT2D eigenvalue weighted by molar-refractivity contribution is 8.04. The van der Waals surface area contributed by atoms with Gasteiger partial charge in [-0.2, -0.15) is 0 Å². The molecule has 18 heavy (non-hydrogen) atoms. The summed E-state index contributed by atoms with van der Waals surface area (Å²) in [6, 6.07) is 5.01. The number of benzene rings is 1. The zero-order chi connectivity index (χ0) is 12.5. The summed E-state index contributed by atoms with van der Waals surface area (Å²) in [5.41, 5.74) is 1.84. The molecular formula is C14H12FNOS. The van der Waals surface area contributed by atoms with E-state index in [0.29, 0.717) is 11.3 Å². The molecule has 2 heterocycles. The highest BCUT2D eigenvalue weighted by atomic mass is 32.2. The van der Waals surface area contributed by atoms with Crippen LogP contribution in [0.25, 0.3) is 0 Å². The molecule has 3 rings (SSSR count). The fourth-order valence-electron chi connectivity index (χ4n) is 2.02. The number of thioether (sulfide) groups is 1. The number of halogens is 1. The largest absolute Gasteiger partial charge is 0.497 e. The molecule has 2 aliphatic heterocycles. The number of methoxy groups -OCH3 is 1. The molecule has 1 atom stereocenters. The van der Waals surface area contributed by atoms with Crippen molar-refractivity contribution in [3.63, 3.8) is 0 Å². The highest BCUT2D eigenvalue weighted by Gasteiger charge is 2.25. The van der Waals surface area contributed by atoms with Gasteiger partial charge in [0, 0.05) is 28.9 Å². The summed E-state index contributed by atoms with van der Waals surface area (Å²) in [4.78, 5) is 1.15. The third-order valence-electron chi connectivity index (χ3n) is 2.96. The normalized spacial score (nSPS) is 20.9. The lowest BCUT2D eigenvalue weighted by Crippen LogP contribution is -1.99. The van der Waals surface area contributed by atoms with Crippen LogP contribution in [0.5, 0.6) is 5.75 Å². The Morgan fingerprint density at radius 1 is 1.39 bits per heavy atom. The molecule has 92 valence electrons. The van der Waals surface area contributed by atoms with Crippen LogP contribution in [0.1, 0.15) is 10.8 Å². The number of nitrogens with one attached hydrogen (secondary N) is 1. The van der Waals surface area contributed by atoms with Gasteiger partial charge in [0.25, 0.3) is 0 Å². The monoisotopic (exact) mass is 261 g/mol. The van der Waals surface area contributed by atoms with Crippen LogP contribution in [-0.2, 0) is 0 Å². The van der Waals surface area contributed by atoms with Crippen LogP contribution >= 0.6 is 11.8 Å². The Labute approximate surface area is 109 Å². The standard InChI is InChI=1S/C14H12FNOS/c1-17-10-2-3-11(12(15)7-10)13-6-9-4-5-16-8-14(9)18-13/h2-8,13,16H,1H3. The van der Waals surface area contributed by atoms with Crippen LogP contribution in [0, 0.1) is 5.82 Å². The van der Waals surface area contributed by atoms with Gasteiger partial charge in [0.15, 0.2) is 0 Å². The van der Waals surface area contributed by atoms with Gasteiger partial charge >= 0.3 is 0 Å². The minimum Gasteiger partial charge on any atom is -0.497 e. The van der Waals surface area contributed by atoms with Gasteiger partial charge in [-0.15, -0.1) is 11.8 Å². The maximum atomic E-state index is 14.0. The quantitative estimate of drug-likeness (QED) is 0.880. The van der Waals surface area contributed by atoms with E-state index in [9.17, 15) is 4.39 Å². The molecule has 0 aromatic heterocycles. The predicted octanol–water partition coefficient (Wildman–Crippen LogP) is 3.51. The minimum atomic E-state index is -0.222. The van der Waals surface area contributed by atoms with Gasteiger partial charge in [0.2, 0.25) is 0 Å². The number of allylic oxidation sites excluding steroid dienone is 2. The molecule has 0 spiro atoms. The zero-order valence-corrected chi connectivity index (χ0v) is 10.6. The number of ether oxygens (including phenoxy) is 1. The molecule has 0 saturated heterocycles. The Kier molecular flexibility index (Phi) is 2.88. The minimum absolute atomic E-state index is 0.0294. The zero-order valence-electron chi connectivity index (χ0n) is 9.81. The van der Waals surface area contributed by atoms with Gasteiger partial charge in [-0.3, -0.25) is 0 Å². The molecule has 2 nitrogen and oxygen atoms in total. The van der Waals surface area contributed by atoms with Crippen molar-refractivity contribution < 1.29 is 9.13 Å². The molecule has 0 saturated carbocycles. The summed E-state index contributed by atoms with van der Waals surface area (Å²) in [6.45, 7) is 0. The third kappa shape index (κ3) is 1.93. The lowest BCUT2D eigenvalue weighted by atomic mass is 10.1. The van der Waals surface area contributed by atoms with Crippen molar-refractivity contribution in [3.05, 3.63) is 64.6 Å². The van der Waals surface area contributed by atoms with E-state index in [1.807, 2.05) is 18.5 Å². The first-order valence-corrected chi connectivity index (χ1v) is 6.51. The van der Waals surface area contributed by atoms with Gasteiger partial charge in [-0.1, -0.05) is 12.1 Å². The van der Waals surface area contributed by atoms with Crippen molar-refractivity contribution in [2.24, 2.45) is 0 Å². The first-order chi connectivity index (χ1) is 8.78. The van der Waals surface area contributed by atoms with Gasteiger partial charge in [-0.25, -0.2) is 4.39 Å². The molecule has 0 bridgehead atoms. The SMILES string of the molecule is COc1ccc(C2C=C3C=CNC=C3S2)c(F)c1. The highest BCUT2D eigenvalue weighted by Crippen LogP contribution is 2.47. The van der Waals surface area contributed by atoms with Gasteiger partial charge in [-0.05, 0) is 17.7 Å². The first-order valence-electron chi connectivity index (χ1n) is 5.63. The summed E-state index contributed by atoms with van der Waals surface area (Å²) in [5.74, 6) is 0.324. The van der Waals surface area contributed by atoms with Crippen molar-refractivity contribution in [2.45, 2.75) is 5.25 Å². The van der Waals surface area contributed by atoms with Crippen LogP contribution in [0.3, 0.4) is 0 Å². The Morgan fingerprint density at radius 2 is 2.28 bits per heavy atom. The molecule has 4 heteroatoms. The van der Waals surface area contributed by atoms with E-state index in [0.717, 1.165) is 10.5 Å². The molecule has 1 aromatic rings. The lowest BCUT2D eigenvalue weighted by molar-refractivity contribution is 0.411. The van der Waals surface area contributed by atoms with Crippen LogP contribution in [-0.4, -0.2) is 7.11 Å². The van der Waals surface area contributed by atoms with Crippen LogP contribution in [0.2, 0.25) is 0 Å².